The zero-order valence-corrected chi connectivity index (χ0v) is 26.3. The molecule has 4 heteroatoms. The molecule has 0 unspecified atom stereocenters. The Morgan fingerprint density at radius 2 is 0.915 bits per heavy atom. The second kappa shape index (κ2) is 9.31. The second-order valence-electron chi connectivity index (χ2n) is 12.8. The van der Waals surface area contributed by atoms with Gasteiger partial charge >= 0.3 is 0 Å². The summed E-state index contributed by atoms with van der Waals surface area (Å²) in [5.74, 6) is 0. The van der Waals surface area contributed by atoms with Crippen LogP contribution in [0, 0.1) is 0 Å². The van der Waals surface area contributed by atoms with Gasteiger partial charge in [0.05, 0.1) is 22.5 Å². The third kappa shape index (κ3) is 3.14. The van der Waals surface area contributed by atoms with Crippen molar-refractivity contribution < 1.29 is 0 Å². The minimum Gasteiger partial charge on any atom is -0.311 e. The highest BCUT2D eigenvalue weighted by Gasteiger charge is 2.52. The number of nitrogens with zero attached hydrogens (tertiary/aromatic N) is 2. The number of fused-ring (bicyclic) bond motifs is 8. The normalized spacial score (nSPS) is 15.2. The highest BCUT2D eigenvalue weighted by molar-refractivity contribution is 7.99. The Bertz CT molecular complexity index is 2380. The molecule has 0 fully saturated rings. The summed E-state index contributed by atoms with van der Waals surface area (Å²) in [5.41, 5.74) is 16.5. The molecule has 0 aliphatic carbocycles. The molecule has 0 spiro atoms. The van der Waals surface area contributed by atoms with Crippen LogP contribution in [0.15, 0.2) is 174 Å². The summed E-state index contributed by atoms with van der Waals surface area (Å²) in [6.45, 7) is 0.110. The van der Waals surface area contributed by atoms with Crippen LogP contribution in [0.5, 0.6) is 0 Å². The summed E-state index contributed by atoms with van der Waals surface area (Å²) in [6, 6.07) is 61.2. The van der Waals surface area contributed by atoms with Crippen LogP contribution in [-0.2, 0) is 5.41 Å². The molecule has 7 aromatic rings. The van der Waals surface area contributed by atoms with E-state index in [-0.39, 0.29) is 6.71 Å². The lowest BCUT2D eigenvalue weighted by Gasteiger charge is -2.51. The van der Waals surface area contributed by atoms with Gasteiger partial charge in [-0.15, -0.1) is 0 Å². The predicted molar refractivity (Wildman–Crippen MR) is 196 cm³/mol. The highest BCUT2D eigenvalue weighted by Crippen LogP contribution is 2.59. The van der Waals surface area contributed by atoms with Gasteiger partial charge in [0.1, 0.15) is 0 Å². The van der Waals surface area contributed by atoms with E-state index >= 15 is 0 Å². The molecule has 0 saturated carbocycles. The molecule has 0 atom stereocenters. The van der Waals surface area contributed by atoms with Gasteiger partial charge in [0, 0.05) is 26.9 Å². The van der Waals surface area contributed by atoms with Crippen molar-refractivity contribution in [1.29, 1.82) is 0 Å². The Morgan fingerprint density at radius 1 is 0.404 bits per heavy atom. The van der Waals surface area contributed by atoms with Gasteiger partial charge in [0.15, 0.2) is 0 Å². The van der Waals surface area contributed by atoms with E-state index in [0.29, 0.717) is 0 Å². The maximum Gasteiger partial charge on any atom is 0.252 e. The average Bonchev–Trinajstić information content (AvgIpc) is 3.14. The van der Waals surface area contributed by atoms with Crippen LogP contribution in [-0.4, -0.2) is 6.71 Å². The summed E-state index contributed by atoms with van der Waals surface area (Å²) < 4.78 is 0. The maximum absolute atomic E-state index is 2.58. The van der Waals surface area contributed by atoms with E-state index in [9.17, 15) is 0 Å². The van der Waals surface area contributed by atoms with Crippen LogP contribution in [0.2, 0.25) is 0 Å². The monoisotopic (exact) mass is 614 g/mol. The second-order valence-corrected chi connectivity index (χ2v) is 13.9. The van der Waals surface area contributed by atoms with Crippen LogP contribution in [0.3, 0.4) is 0 Å². The summed E-state index contributed by atoms with van der Waals surface area (Å²) in [7, 11) is 0. The van der Waals surface area contributed by atoms with Gasteiger partial charge in [0.25, 0.3) is 6.71 Å². The van der Waals surface area contributed by atoms with Crippen molar-refractivity contribution in [2.75, 3.05) is 9.80 Å². The molecular weight excluding hydrogens is 587 g/mol. The number of para-hydroxylation sites is 4. The molecule has 47 heavy (non-hydrogen) atoms. The van der Waals surface area contributed by atoms with Gasteiger partial charge in [-0.3, -0.25) is 0 Å². The van der Waals surface area contributed by atoms with Gasteiger partial charge in [0.2, 0.25) is 0 Å². The quantitative estimate of drug-likeness (QED) is 0.180. The third-order valence-corrected chi connectivity index (χ3v) is 11.8. The van der Waals surface area contributed by atoms with E-state index < -0.39 is 5.41 Å². The minimum atomic E-state index is -0.484. The maximum atomic E-state index is 2.58. The van der Waals surface area contributed by atoms with E-state index in [1.807, 2.05) is 11.8 Å². The van der Waals surface area contributed by atoms with Crippen LogP contribution in [0.1, 0.15) is 22.3 Å². The lowest BCUT2D eigenvalue weighted by Crippen LogP contribution is -2.62. The molecule has 4 aliphatic rings. The number of rotatable bonds is 2. The zero-order valence-electron chi connectivity index (χ0n) is 25.5. The Kier molecular flexibility index (Phi) is 5.09. The molecule has 11 rings (SSSR count). The largest absolute Gasteiger partial charge is 0.311 e. The van der Waals surface area contributed by atoms with Gasteiger partial charge in [-0.2, -0.15) is 0 Å². The van der Waals surface area contributed by atoms with Gasteiger partial charge < -0.3 is 9.80 Å². The molecule has 4 aliphatic heterocycles. The standard InChI is InChI=1S/C43H27BN2S/c1-3-14-28(15-4-1)43(29-16-5-2-6-17-29)30-18-7-8-22-34(30)45-36-24-13-25-37-40(36)44(32-20-11-19-31(43)41(32)45)33-21-12-27-39-42(33)46(37)35-23-9-10-26-38(35)47-39/h1-27H. The number of benzene rings is 7. The summed E-state index contributed by atoms with van der Waals surface area (Å²) in [6.07, 6.45) is 0. The summed E-state index contributed by atoms with van der Waals surface area (Å²) >= 11 is 1.89. The molecule has 218 valence electrons. The molecule has 0 saturated heterocycles. The van der Waals surface area contributed by atoms with Crippen molar-refractivity contribution in [2.45, 2.75) is 15.2 Å². The Labute approximate surface area is 279 Å². The molecule has 7 aromatic carbocycles. The molecule has 2 nitrogen and oxygen atoms in total. The van der Waals surface area contributed by atoms with Gasteiger partial charge in [-0.25, -0.2) is 0 Å². The van der Waals surface area contributed by atoms with Gasteiger partial charge in [-0.1, -0.05) is 139 Å². The third-order valence-electron chi connectivity index (χ3n) is 10.7. The zero-order chi connectivity index (χ0) is 30.7. The molecule has 4 heterocycles. The van der Waals surface area contributed by atoms with Gasteiger partial charge in [-0.05, 0) is 75.0 Å². The van der Waals surface area contributed by atoms with Crippen LogP contribution in [0.4, 0.5) is 34.1 Å². The fourth-order valence-corrected chi connectivity index (χ4v) is 10.1. The van der Waals surface area contributed by atoms with Crippen LogP contribution in [0.25, 0.3) is 0 Å². The fourth-order valence-electron chi connectivity index (χ4n) is 9.03. The van der Waals surface area contributed by atoms with Crippen LogP contribution >= 0.6 is 11.8 Å². The SMILES string of the molecule is c1ccc(C2(c3ccccc3)c3ccccc3N3c4cccc5c4B(c4cccc6c4N5c4ccccc4S6)c4cccc2c43)cc1. The number of hydrogen-bond acceptors (Lipinski definition) is 3. The lowest BCUT2D eigenvalue weighted by molar-refractivity contribution is 0.732. The first-order valence-corrected chi connectivity index (χ1v) is 17.1. The Hall–Kier alpha value is -5.45. The van der Waals surface area contributed by atoms with Crippen molar-refractivity contribution >= 4 is 69.0 Å². The van der Waals surface area contributed by atoms with E-state index in [1.165, 1.54) is 82.6 Å². The first-order chi connectivity index (χ1) is 23.4. The predicted octanol–water partition coefficient (Wildman–Crippen LogP) is 8.93. The fraction of sp³-hybridized carbons (Fsp3) is 0.0233. The van der Waals surface area contributed by atoms with E-state index in [1.54, 1.807) is 0 Å². The Morgan fingerprint density at radius 3 is 1.66 bits per heavy atom. The first-order valence-electron chi connectivity index (χ1n) is 16.3. The molecule has 0 amide bonds. The molecule has 0 radical (unpaired) electrons. The number of anilines is 6. The van der Waals surface area contributed by atoms with Crippen molar-refractivity contribution in [2.24, 2.45) is 0 Å². The van der Waals surface area contributed by atoms with Crippen molar-refractivity contribution in [1.82, 2.24) is 0 Å². The van der Waals surface area contributed by atoms with Crippen molar-refractivity contribution in [3.8, 4) is 0 Å². The summed E-state index contributed by atoms with van der Waals surface area (Å²) in [5, 5.41) is 0. The van der Waals surface area contributed by atoms with E-state index in [0.717, 1.165) is 0 Å². The topological polar surface area (TPSA) is 6.48 Å². The van der Waals surface area contributed by atoms with Crippen molar-refractivity contribution in [3.63, 3.8) is 0 Å². The van der Waals surface area contributed by atoms with Crippen molar-refractivity contribution in [3.05, 3.63) is 186 Å². The summed E-state index contributed by atoms with van der Waals surface area (Å²) in [4.78, 5) is 7.73. The minimum absolute atomic E-state index is 0.110. The molecule has 0 N–H and O–H groups in total. The first kappa shape index (κ1) is 25.7. The number of hydrogen-bond donors (Lipinski definition) is 0. The molecule has 0 aromatic heterocycles. The molecular formula is C43H27BN2S. The van der Waals surface area contributed by atoms with E-state index in [2.05, 4.69) is 174 Å². The smallest absolute Gasteiger partial charge is 0.252 e. The Balaban J connectivity index is 1.29. The van der Waals surface area contributed by atoms with E-state index in [4.69, 9.17) is 0 Å². The lowest BCUT2D eigenvalue weighted by atomic mass is 9.33. The average molecular weight is 615 g/mol. The van der Waals surface area contributed by atoms with Crippen LogP contribution < -0.4 is 26.2 Å². The molecule has 0 bridgehead atoms. The highest BCUT2D eigenvalue weighted by atomic mass is 32.2.